The molecule has 0 aliphatic rings. The van der Waals surface area contributed by atoms with Crippen molar-refractivity contribution in [1.82, 2.24) is 15.1 Å². The van der Waals surface area contributed by atoms with E-state index < -0.39 is 0 Å². The molecule has 1 amide bonds. The van der Waals surface area contributed by atoms with Crippen molar-refractivity contribution in [2.24, 2.45) is 0 Å². The van der Waals surface area contributed by atoms with E-state index >= 15 is 0 Å². The minimum Gasteiger partial charge on any atom is -0.497 e. The fraction of sp³-hybridized carbons (Fsp3) is 0.0968. The molecule has 0 spiro atoms. The van der Waals surface area contributed by atoms with Crippen LogP contribution in [0.5, 0.6) is 5.75 Å². The van der Waals surface area contributed by atoms with Gasteiger partial charge in [0.2, 0.25) is 0 Å². The van der Waals surface area contributed by atoms with Gasteiger partial charge in [-0.3, -0.25) is 4.79 Å². The number of nitrogens with zero attached hydrogens (tertiary/aromatic N) is 2. The Morgan fingerprint density at radius 3 is 2.22 bits per heavy atom. The maximum atomic E-state index is 13.8. The third kappa shape index (κ3) is 5.57. The van der Waals surface area contributed by atoms with E-state index in [-0.39, 0.29) is 11.9 Å². The Labute approximate surface area is 221 Å². The zero-order valence-electron chi connectivity index (χ0n) is 20.3. The molecule has 0 radical (unpaired) electrons. The Hall–Kier alpha value is -4.35. The maximum absolute atomic E-state index is 13.8. The zero-order chi connectivity index (χ0) is 25.6. The largest absolute Gasteiger partial charge is 0.497 e. The number of hydrogen-bond donors (Lipinski definition) is 1. The number of nitrogens with one attached hydrogen (secondary N) is 1. The third-order valence-electron chi connectivity index (χ3n) is 6.20. The van der Waals surface area contributed by atoms with Gasteiger partial charge in [-0.15, -0.1) is 0 Å². The second kappa shape index (κ2) is 11.1. The topological polar surface area (TPSA) is 56.1 Å². The standard InChI is InChI=1S/C31H26ClN3O2/c1-37-25-18-16-24(17-19-25)28-21-30(35(34-28)29-15-9-8-14-26(29)32)31(36)33-27(23-12-6-3-7-13-23)20-22-10-4-2-5-11-22/h2-19,21,27H,20H2,1H3,(H,33,36). The second-order valence-corrected chi connectivity index (χ2v) is 9.04. The lowest BCUT2D eigenvalue weighted by atomic mass is 9.98. The molecule has 1 heterocycles. The molecule has 0 aliphatic heterocycles. The maximum Gasteiger partial charge on any atom is 0.270 e. The SMILES string of the molecule is COc1ccc(-c2cc(C(=O)NC(Cc3ccccc3)c3ccccc3)n(-c3ccccc3Cl)n2)cc1. The van der Waals surface area contributed by atoms with Crippen LogP contribution in [0.2, 0.25) is 5.02 Å². The molecule has 6 heteroatoms. The van der Waals surface area contributed by atoms with Gasteiger partial charge in [0, 0.05) is 5.56 Å². The van der Waals surface area contributed by atoms with E-state index in [4.69, 9.17) is 21.4 Å². The lowest BCUT2D eigenvalue weighted by Gasteiger charge is -2.20. The van der Waals surface area contributed by atoms with Crippen LogP contribution in [-0.4, -0.2) is 22.8 Å². The summed E-state index contributed by atoms with van der Waals surface area (Å²) >= 11 is 6.53. The number of carbonyl (C=O) groups excluding carboxylic acids is 1. The molecule has 0 fully saturated rings. The molecule has 5 rings (SSSR count). The Morgan fingerprint density at radius 2 is 1.54 bits per heavy atom. The molecule has 0 bridgehead atoms. The summed E-state index contributed by atoms with van der Waals surface area (Å²) in [6.07, 6.45) is 0.655. The first-order valence-electron chi connectivity index (χ1n) is 12.0. The Morgan fingerprint density at radius 1 is 0.892 bits per heavy atom. The molecule has 1 atom stereocenters. The monoisotopic (exact) mass is 507 g/mol. The van der Waals surface area contributed by atoms with Crippen molar-refractivity contribution < 1.29 is 9.53 Å². The molecule has 5 aromatic rings. The van der Waals surface area contributed by atoms with E-state index in [0.29, 0.717) is 28.5 Å². The third-order valence-corrected chi connectivity index (χ3v) is 6.52. The summed E-state index contributed by atoms with van der Waals surface area (Å²) in [5.41, 5.74) is 4.71. The van der Waals surface area contributed by atoms with Crippen LogP contribution < -0.4 is 10.1 Å². The molecule has 0 saturated heterocycles. The van der Waals surface area contributed by atoms with E-state index in [9.17, 15) is 4.79 Å². The minimum atomic E-state index is -0.239. The van der Waals surface area contributed by atoms with Crippen LogP contribution in [-0.2, 0) is 6.42 Å². The van der Waals surface area contributed by atoms with Crippen molar-refractivity contribution in [3.8, 4) is 22.7 Å². The smallest absolute Gasteiger partial charge is 0.270 e. The summed E-state index contributed by atoms with van der Waals surface area (Å²) in [7, 11) is 1.63. The van der Waals surface area contributed by atoms with Gasteiger partial charge in [0.05, 0.1) is 29.6 Å². The van der Waals surface area contributed by atoms with Gasteiger partial charge in [0.25, 0.3) is 5.91 Å². The first-order chi connectivity index (χ1) is 18.1. The number of benzene rings is 4. The first-order valence-corrected chi connectivity index (χ1v) is 12.4. The van der Waals surface area contributed by atoms with E-state index in [1.807, 2.05) is 91.0 Å². The number of halogens is 1. The van der Waals surface area contributed by atoms with Crippen molar-refractivity contribution in [3.05, 3.63) is 137 Å². The van der Waals surface area contributed by atoms with Crippen molar-refractivity contribution >= 4 is 17.5 Å². The molecular weight excluding hydrogens is 482 g/mol. The number of aromatic nitrogens is 2. The van der Waals surface area contributed by atoms with E-state index in [2.05, 4.69) is 17.4 Å². The lowest BCUT2D eigenvalue weighted by Crippen LogP contribution is -2.31. The Bertz CT molecular complexity index is 1480. The molecule has 4 aromatic carbocycles. The highest BCUT2D eigenvalue weighted by Crippen LogP contribution is 2.28. The van der Waals surface area contributed by atoms with Crippen LogP contribution in [0.15, 0.2) is 115 Å². The molecule has 184 valence electrons. The lowest BCUT2D eigenvalue weighted by molar-refractivity contribution is 0.0928. The quantitative estimate of drug-likeness (QED) is 0.248. The average molecular weight is 508 g/mol. The highest BCUT2D eigenvalue weighted by atomic mass is 35.5. The number of carbonyl (C=O) groups is 1. The number of rotatable bonds is 8. The van der Waals surface area contributed by atoms with Crippen LogP contribution in [0.4, 0.5) is 0 Å². The molecule has 0 saturated carbocycles. The van der Waals surface area contributed by atoms with Gasteiger partial charge in [-0.25, -0.2) is 4.68 Å². The van der Waals surface area contributed by atoms with Gasteiger partial charge in [-0.1, -0.05) is 84.4 Å². The van der Waals surface area contributed by atoms with Crippen LogP contribution in [0, 0.1) is 0 Å². The minimum absolute atomic E-state index is 0.227. The number of amides is 1. The summed E-state index contributed by atoms with van der Waals surface area (Å²) in [4.78, 5) is 13.8. The summed E-state index contributed by atoms with van der Waals surface area (Å²) in [6.45, 7) is 0. The first kappa shape index (κ1) is 24.3. The fourth-order valence-corrected chi connectivity index (χ4v) is 4.49. The highest BCUT2D eigenvalue weighted by Gasteiger charge is 2.23. The summed E-state index contributed by atoms with van der Waals surface area (Å²) in [5.74, 6) is 0.510. The van der Waals surface area contributed by atoms with Crippen molar-refractivity contribution in [3.63, 3.8) is 0 Å². The van der Waals surface area contributed by atoms with Gasteiger partial charge in [-0.05, 0) is 60.0 Å². The molecule has 1 aromatic heterocycles. The number of hydrogen-bond acceptors (Lipinski definition) is 3. The van der Waals surface area contributed by atoms with Crippen molar-refractivity contribution in [1.29, 1.82) is 0 Å². The van der Waals surface area contributed by atoms with Crippen LogP contribution in [0.25, 0.3) is 16.9 Å². The van der Waals surface area contributed by atoms with E-state index in [1.54, 1.807) is 23.9 Å². The highest BCUT2D eigenvalue weighted by molar-refractivity contribution is 6.32. The number of para-hydroxylation sites is 1. The van der Waals surface area contributed by atoms with Crippen molar-refractivity contribution in [2.75, 3.05) is 7.11 Å². The second-order valence-electron chi connectivity index (χ2n) is 8.63. The van der Waals surface area contributed by atoms with Gasteiger partial charge in [0.1, 0.15) is 11.4 Å². The molecular formula is C31H26ClN3O2. The van der Waals surface area contributed by atoms with Crippen LogP contribution in [0.3, 0.4) is 0 Å². The van der Waals surface area contributed by atoms with E-state index in [0.717, 1.165) is 22.4 Å². The predicted molar refractivity (Wildman–Crippen MR) is 147 cm³/mol. The zero-order valence-corrected chi connectivity index (χ0v) is 21.1. The Balaban J connectivity index is 1.53. The normalized spacial score (nSPS) is 11.6. The average Bonchev–Trinajstić information content (AvgIpc) is 3.39. The van der Waals surface area contributed by atoms with Crippen LogP contribution >= 0.6 is 11.6 Å². The summed E-state index contributed by atoms with van der Waals surface area (Å²) in [6, 6.07) is 36.6. The molecule has 37 heavy (non-hydrogen) atoms. The number of methoxy groups -OCH3 is 1. The van der Waals surface area contributed by atoms with Gasteiger partial charge < -0.3 is 10.1 Å². The Kier molecular flexibility index (Phi) is 7.33. The summed E-state index contributed by atoms with van der Waals surface area (Å²) < 4.78 is 6.90. The predicted octanol–water partition coefficient (Wildman–Crippen LogP) is 6.92. The molecule has 5 nitrogen and oxygen atoms in total. The molecule has 1 N–H and O–H groups in total. The van der Waals surface area contributed by atoms with Gasteiger partial charge >= 0.3 is 0 Å². The molecule has 1 unspecified atom stereocenters. The van der Waals surface area contributed by atoms with Gasteiger partial charge in [-0.2, -0.15) is 5.10 Å². The summed E-state index contributed by atoms with van der Waals surface area (Å²) in [5, 5.41) is 8.54. The van der Waals surface area contributed by atoms with Crippen molar-refractivity contribution in [2.45, 2.75) is 12.5 Å². The van der Waals surface area contributed by atoms with E-state index in [1.165, 1.54) is 0 Å². The van der Waals surface area contributed by atoms with Gasteiger partial charge in [0.15, 0.2) is 0 Å². The fourth-order valence-electron chi connectivity index (χ4n) is 4.27. The molecule has 0 aliphatic carbocycles. The van der Waals surface area contributed by atoms with Crippen LogP contribution in [0.1, 0.15) is 27.7 Å². The number of ether oxygens (including phenoxy) is 1.